The van der Waals surface area contributed by atoms with Crippen LogP contribution in [-0.2, 0) is 17.9 Å². The van der Waals surface area contributed by atoms with Crippen molar-refractivity contribution in [3.8, 4) is 0 Å². The summed E-state index contributed by atoms with van der Waals surface area (Å²) < 4.78 is 2.19. The number of amides is 1. The molecular weight excluding hydrogens is 356 g/mol. The molecule has 0 fully saturated rings. The van der Waals surface area contributed by atoms with Crippen molar-refractivity contribution in [2.24, 2.45) is 0 Å². The van der Waals surface area contributed by atoms with Gasteiger partial charge in [-0.25, -0.2) is 4.98 Å². The van der Waals surface area contributed by atoms with Gasteiger partial charge in [-0.05, 0) is 29.7 Å². The zero-order valence-electron chi connectivity index (χ0n) is 15.8. The van der Waals surface area contributed by atoms with E-state index in [0.717, 1.165) is 27.0 Å². The molecule has 0 spiro atoms. The summed E-state index contributed by atoms with van der Waals surface area (Å²) in [6.07, 6.45) is 3.64. The van der Waals surface area contributed by atoms with Crippen LogP contribution >= 0.6 is 11.8 Å². The first-order chi connectivity index (χ1) is 13.0. The molecule has 0 aliphatic carbocycles. The highest BCUT2D eigenvalue weighted by atomic mass is 32.2. The minimum atomic E-state index is -0.0608. The molecule has 1 aromatic carbocycles. The van der Waals surface area contributed by atoms with Gasteiger partial charge in [-0.3, -0.25) is 9.78 Å². The average Bonchev–Trinajstić information content (AvgIpc) is 2.99. The van der Waals surface area contributed by atoms with Crippen LogP contribution in [0.2, 0.25) is 0 Å². The van der Waals surface area contributed by atoms with E-state index in [1.807, 2.05) is 30.5 Å². The summed E-state index contributed by atoms with van der Waals surface area (Å²) >= 11 is 1.71. The van der Waals surface area contributed by atoms with E-state index in [2.05, 4.69) is 46.9 Å². The Balaban J connectivity index is 2.04. The molecule has 3 rings (SSSR count). The third-order valence-electron chi connectivity index (χ3n) is 4.09. The number of benzene rings is 1. The van der Waals surface area contributed by atoms with E-state index in [1.165, 1.54) is 6.92 Å². The van der Waals surface area contributed by atoms with Gasteiger partial charge in [0.2, 0.25) is 5.91 Å². The SMILES string of the molecule is CC(=O)NCc1nc(C(C)C)c(Sc2ccccc2)n1Cc1cccnc1. The van der Waals surface area contributed by atoms with E-state index in [9.17, 15) is 4.79 Å². The lowest BCUT2D eigenvalue weighted by atomic mass is 10.1. The highest BCUT2D eigenvalue weighted by Crippen LogP contribution is 2.35. The Bertz CT molecular complexity index is 891. The highest BCUT2D eigenvalue weighted by molar-refractivity contribution is 7.99. The molecule has 3 aromatic rings. The Morgan fingerprint density at radius 1 is 1.19 bits per heavy atom. The molecule has 0 aliphatic heterocycles. The minimum absolute atomic E-state index is 0.0608. The van der Waals surface area contributed by atoms with Crippen molar-refractivity contribution in [3.05, 3.63) is 71.9 Å². The first kappa shape index (κ1) is 19.2. The van der Waals surface area contributed by atoms with Crippen molar-refractivity contribution in [3.63, 3.8) is 0 Å². The number of carbonyl (C=O) groups is 1. The van der Waals surface area contributed by atoms with Crippen LogP contribution in [0.1, 0.15) is 43.8 Å². The van der Waals surface area contributed by atoms with Crippen molar-refractivity contribution in [2.45, 2.75) is 49.7 Å². The third-order valence-corrected chi connectivity index (χ3v) is 5.22. The van der Waals surface area contributed by atoms with E-state index in [1.54, 1.807) is 18.0 Å². The fourth-order valence-corrected chi connectivity index (χ4v) is 3.94. The van der Waals surface area contributed by atoms with Crippen molar-refractivity contribution in [2.75, 3.05) is 0 Å². The van der Waals surface area contributed by atoms with Gasteiger partial charge in [0.1, 0.15) is 10.9 Å². The van der Waals surface area contributed by atoms with E-state index in [-0.39, 0.29) is 11.8 Å². The summed E-state index contributed by atoms with van der Waals surface area (Å²) in [7, 11) is 0. The first-order valence-corrected chi connectivity index (χ1v) is 9.81. The van der Waals surface area contributed by atoms with E-state index >= 15 is 0 Å². The number of pyridine rings is 1. The Labute approximate surface area is 164 Å². The van der Waals surface area contributed by atoms with Gasteiger partial charge in [0.15, 0.2) is 0 Å². The van der Waals surface area contributed by atoms with Crippen LogP contribution in [0.4, 0.5) is 0 Å². The highest BCUT2D eigenvalue weighted by Gasteiger charge is 2.21. The molecule has 27 heavy (non-hydrogen) atoms. The number of carbonyl (C=O) groups excluding carboxylic acids is 1. The van der Waals surface area contributed by atoms with Crippen LogP contribution in [-0.4, -0.2) is 20.4 Å². The second-order valence-electron chi connectivity index (χ2n) is 6.65. The number of aromatic nitrogens is 3. The van der Waals surface area contributed by atoms with Gasteiger partial charge in [-0.1, -0.05) is 49.9 Å². The summed E-state index contributed by atoms with van der Waals surface area (Å²) in [5, 5.41) is 4.00. The van der Waals surface area contributed by atoms with E-state index < -0.39 is 0 Å². The number of imidazole rings is 1. The third kappa shape index (κ3) is 4.98. The standard InChI is InChI=1S/C21H24N4OS/c1-15(2)20-21(27-18-9-5-4-6-10-18)25(14-17-8-7-11-22-12-17)19(24-20)13-23-16(3)26/h4-12,15H,13-14H2,1-3H3,(H,23,26). The number of nitrogens with zero attached hydrogens (tertiary/aromatic N) is 3. The van der Waals surface area contributed by atoms with Crippen molar-refractivity contribution in [1.82, 2.24) is 19.9 Å². The molecule has 0 saturated heterocycles. The van der Waals surface area contributed by atoms with Crippen LogP contribution in [0.3, 0.4) is 0 Å². The molecule has 0 saturated carbocycles. The Hall–Kier alpha value is -2.60. The summed E-state index contributed by atoms with van der Waals surface area (Å²) in [6.45, 7) is 6.89. The Morgan fingerprint density at radius 3 is 2.59 bits per heavy atom. The molecule has 0 radical (unpaired) electrons. The maximum atomic E-state index is 11.4. The normalized spacial score (nSPS) is 11.0. The molecule has 0 aliphatic rings. The minimum Gasteiger partial charge on any atom is -0.349 e. The summed E-state index contributed by atoms with van der Waals surface area (Å²) in [4.78, 5) is 21.7. The molecule has 0 unspecified atom stereocenters. The largest absolute Gasteiger partial charge is 0.349 e. The van der Waals surface area contributed by atoms with Crippen LogP contribution in [0, 0.1) is 0 Å². The van der Waals surface area contributed by atoms with Crippen LogP contribution in [0.15, 0.2) is 64.8 Å². The Morgan fingerprint density at radius 2 is 1.96 bits per heavy atom. The second kappa shape index (κ2) is 8.86. The second-order valence-corrected chi connectivity index (χ2v) is 7.71. The number of nitrogens with one attached hydrogen (secondary N) is 1. The number of hydrogen-bond acceptors (Lipinski definition) is 4. The fourth-order valence-electron chi connectivity index (χ4n) is 2.76. The first-order valence-electron chi connectivity index (χ1n) is 9.00. The zero-order valence-corrected chi connectivity index (χ0v) is 16.7. The van der Waals surface area contributed by atoms with Gasteiger partial charge in [0.25, 0.3) is 0 Å². The fraction of sp³-hybridized carbons (Fsp3) is 0.286. The molecule has 1 N–H and O–H groups in total. The van der Waals surface area contributed by atoms with Crippen molar-refractivity contribution < 1.29 is 4.79 Å². The van der Waals surface area contributed by atoms with Crippen molar-refractivity contribution in [1.29, 1.82) is 0 Å². The number of hydrogen-bond donors (Lipinski definition) is 1. The monoisotopic (exact) mass is 380 g/mol. The average molecular weight is 381 g/mol. The summed E-state index contributed by atoms with van der Waals surface area (Å²) in [5.41, 5.74) is 2.15. The van der Waals surface area contributed by atoms with Gasteiger partial charge in [0.05, 0.1) is 18.8 Å². The molecule has 0 bridgehead atoms. The van der Waals surface area contributed by atoms with Crippen LogP contribution < -0.4 is 5.32 Å². The molecule has 5 nitrogen and oxygen atoms in total. The van der Waals surface area contributed by atoms with Crippen LogP contribution in [0.5, 0.6) is 0 Å². The van der Waals surface area contributed by atoms with E-state index in [4.69, 9.17) is 4.98 Å². The van der Waals surface area contributed by atoms with Gasteiger partial charge in [-0.15, -0.1) is 0 Å². The zero-order chi connectivity index (χ0) is 19.2. The molecule has 2 aromatic heterocycles. The maximum absolute atomic E-state index is 11.4. The summed E-state index contributed by atoms with van der Waals surface area (Å²) in [6, 6.07) is 14.3. The lowest BCUT2D eigenvalue weighted by Gasteiger charge is -2.13. The predicted molar refractivity (Wildman–Crippen MR) is 108 cm³/mol. The lowest BCUT2D eigenvalue weighted by Crippen LogP contribution is -2.22. The quantitative estimate of drug-likeness (QED) is 0.666. The molecule has 1 amide bonds. The van der Waals surface area contributed by atoms with Crippen LogP contribution in [0.25, 0.3) is 0 Å². The smallest absolute Gasteiger partial charge is 0.217 e. The predicted octanol–water partition coefficient (Wildman–Crippen LogP) is 4.24. The number of rotatable bonds is 7. The molecular formula is C21H24N4OS. The molecule has 140 valence electrons. The molecule has 0 atom stereocenters. The lowest BCUT2D eigenvalue weighted by molar-refractivity contribution is -0.119. The van der Waals surface area contributed by atoms with Crippen molar-refractivity contribution >= 4 is 17.7 Å². The topological polar surface area (TPSA) is 59.8 Å². The van der Waals surface area contributed by atoms with Gasteiger partial charge in [0, 0.05) is 24.2 Å². The van der Waals surface area contributed by atoms with Gasteiger partial charge >= 0.3 is 0 Å². The van der Waals surface area contributed by atoms with Gasteiger partial charge < -0.3 is 9.88 Å². The summed E-state index contributed by atoms with van der Waals surface area (Å²) in [5.74, 6) is 1.08. The molecule has 6 heteroatoms. The maximum Gasteiger partial charge on any atom is 0.217 e. The van der Waals surface area contributed by atoms with E-state index in [0.29, 0.717) is 13.1 Å². The Kier molecular flexibility index (Phi) is 6.29. The molecule has 2 heterocycles. The van der Waals surface area contributed by atoms with Gasteiger partial charge in [-0.2, -0.15) is 0 Å².